The zero-order chi connectivity index (χ0) is 54.3. The van der Waals surface area contributed by atoms with Gasteiger partial charge in [-0.3, -0.25) is 14.4 Å². The van der Waals surface area contributed by atoms with Gasteiger partial charge in [0.25, 0.3) is 0 Å². The third-order valence-electron chi connectivity index (χ3n) is 13.0. The monoisotopic (exact) mass is 1040 g/mol. The summed E-state index contributed by atoms with van der Waals surface area (Å²) in [4.78, 5) is 38.2. The van der Waals surface area contributed by atoms with Gasteiger partial charge in [-0.15, -0.1) is 0 Å². The van der Waals surface area contributed by atoms with Gasteiger partial charge in [-0.05, 0) is 96.3 Å². The Labute approximate surface area is 462 Å². The highest BCUT2D eigenvalue weighted by atomic mass is 16.6. The van der Waals surface area contributed by atoms with E-state index in [1.165, 1.54) is 141 Å². The molecule has 0 rings (SSSR count). The van der Waals surface area contributed by atoms with Crippen LogP contribution >= 0.6 is 0 Å². The number of esters is 3. The largest absolute Gasteiger partial charge is 0.462 e. The molecule has 1 atom stereocenters. The normalized spacial score (nSPS) is 12.9. The maximum atomic E-state index is 12.9. The summed E-state index contributed by atoms with van der Waals surface area (Å²) in [6, 6.07) is 0. The van der Waals surface area contributed by atoms with E-state index in [4.69, 9.17) is 14.2 Å². The lowest BCUT2D eigenvalue weighted by atomic mass is 10.0. The molecule has 0 saturated heterocycles. The summed E-state index contributed by atoms with van der Waals surface area (Å²) in [6.07, 6.45) is 86.5. The molecular weight excluding hydrogens is 925 g/mol. The standard InChI is InChI=1S/C69H114O6/c1-4-7-10-13-16-19-22-25-28-31-33-34-36-38-41-44-47-50-53-56-59-62-68(71)74-65-66(64-73-67(70)61-58-55-52-49-46-43-40-37-30-27-24-21-18-15-12-9-6-3)75-69(72)63-60-57-54-51-48-45-42-39-35-32-29-26-23-20-17-14-11-8-5-2/h9,12,17-18,20-21,26-27,29-30,35,39-40,43,45,48-49,52,54,57,66H,4-8,10-11,13-16,19,22-25,28,31-34,36-38,41-42,44,46-47,50-51,53,55-56,58-65H2,1-3H3/b12-9-,20-17-,21-18-,29-26-,30-27-,39-35-,43-40-,48-45-,52-49-,57-54-/t66-/m1/s1. The van der Waals surface area contributed by atoms with Crippen LogP contribution < -0.4 is 0 Å². The van der Waals surface area contributed by atoms with Gasteiger partial charge in [0.05, 0.1) is 0 Å². The number of carbonyl (C=O) groups is 3. The predicted molar refractivity (Wildman–Crippen MR) is 325 cm³/mol. The van der Waals surface area contributed by atoms with Crippen LogP contribution in [0, 0.1) is 0 Å². The molecule has 6 nitrogen and oxygen atoms in total. The number of hydrogen-bond donors (Lipinski definition) is 0. The first-order chi connectivity index (χ1) is 37.0. The van der Waals surface area contributed by atoms with Gasteiger partial charge in [0.1, 0.15) is 13.2 Å². The fourth-order valence-electron chi connectivity index (χ4n) is 8.34. The van der Waals surface area contributed by atoms with Crippen molar-refractivity contribution >= 4 is 17.9 Å². The first-order valence-corrected chi connectivity index (χ1v) is 31.0. The van der Waals surface area contributed by atoms with E-state index in [-0.39, 0.29) is 38.0 Å². The van der Waals surface area contributed by atoms with E-state index in [1.54, 1.807) is 0 Å². The van der Waals surface area contributed by atoms with Crippen molar-refractivity contribution in [1.29, 1.82) is 0 Å². The van der Waals surface area contributed by atoms with Gasteiger partial charge in [-0.25, -0.2) is 0 Å². The van der Waals surface area contributed by atoms with Gasteiger partial charge < -0.3 is 14.2 Å². The molecule has 0 heterocycles. The molecule has 6 heteroatoms. The molecular formula is C69H114O6. The van der Waals surface area contributed by atoms with Crippen LogP contribution in [0.2, 0.25) is 0 Å². The first-order valence-electron chi connectivity index (χ1n) is 31.0. The summed E-state index contributed by atoms with van der Waals surface area (Å²) in [7, 11) is 0. The Morgan fingerprint density at radius 2 is 0.560 bits per heavy atom. The summed E-state index contributed by atoms with van der Waals surface area (Å²) < 4.78 is 16.8. The third kappa shape index (κ3) is 60.6. The summed E-state index contributed by atoms with van der Waals surface area (Å²) in [5.74, 6) is -1.07. The maximum Gasteiger partial charge on any atom is 0.306 e. The van der Waals surface area contributed by atoms with E-state index < -0.39 is 12.1 Å². The maximum absolute atomic E-state index is 12.9. The Kier molecular flexibility index (Phi) is 58.9. The average Bonchev–Trinajstić information content (AvgIpc) is 3.41. The van der Waals surface area contributed by atoms with Crippen molar-refractivity contribution in [2.24, 2.45) is 0 Å². The molecule has 75 heavy (non-hydrogen) atoms. The van der Waals surface area contributed by atoms with Gasteiger partial charge in [0.2, 0.25) is 0 Å². The first kappa shape index (κ1) is 70.8. The Morgan fingerprint density at radius 1 is 0.280 bits per heavy atom. The van der Waals surface area contributed by atoms with E-state index in [1.807, 2.05) is 12.2 Å². The second-order valence-electron chi connectivity index (χ2n) is 20.2. The van der Waals surface area contributed by atoms with Crippen molar-refractivity contribution in [1.82, 2.24) is 0 Å². The smallest absolute Gasteiger partial charge is 0.306 e. The van der Waals surface area contributed by atoms with Crippen molar-refractivity contribution in [2.45, 2.75) is 284 Å². The van der Waals surface area contributed by atoms with Gasteiger partial charge in [-0.1, -0.05) is 284 Å². The van der Waals surface area contributed by atoms with Crippen LogP contribution in [0.25, 0.3) is 0 Å². The van der Waals surface area contributed by atoms with Crippen molar-refractivity contribution in [3.8, 4) is 0 Å². The Balaban J connectivity index is 4.54. The van der Waals surface area contributed by atoms with Crippen LogP contribution in [0.1, 0.15) is 278 Å². The highest BCUT2D eigenvalue weighted by Crippen LogP contribution is 2.16. The van der Waals surface area contributed by atoms with Crippen molar-refractivity contribution in [3.05, 3.63) is 122 Å². The quantitative estimate of drug-likeness (QED) is 0.0261. The van der Waals surface area contributed by atoms with Crippen LogP contribution in [0.5, 0.6) is 0 Å². The van der Waals surface area contributed by atoms with Crippen molar-refractivity contribution in [3.63, 3.8) is 0 Å². The summed E-state index contributed by atoms with van der Waals surface area (Å²) >= 11 is 0. The predicted octanol–water partition coefficient (Wildman–Crippen LogP) is 21.2. The summed E-state index contributed by atoms with van der Waals surface area (Å²) in [5, 5.41) is 0. The van der Waals surface area contributed by atoms with Gasteiger partial charge in [0.15, 0.2) is 6.10 Å². The molecule has 0 aliphatic heterocycles. The Bertz CT molecular complexity index is 1570. The zero-order valence-electron chi connectivity index (χ0n) is 48.8. The number of carbonyl (C=O) groups excluding carboxylic acids is 3. The molecule has 0 fully saturated rings. The van der Waals surface area contributed by atoms with E-state index >= 15 is 0 Å². The molecule has 0 aromatic rings. The lowest BCUT2D eigenvalue weighted by molar-refractivity contribution is -0.166. The van der Waals surface area contributed by atoms with Crippen molar-refractivity contribution < 1.29 is 28.6 Å². The number of unbranched alkanes of at least 4 members (excludes halogenated alkanes) is 24. The second-order valence-corrected chi connectivity index (χ2v) is 20.2. The molecule has 0 unspecified atom stereocenters. The molecule has 0 amide bonds. The van der Waals surface area contributed by atoms with E-state index in [2.05, 4.69) is 130 Å². The molecule has 0 aromatic carbocycles. The summed E-state index contributed by atoms with van der Waals surface area (Å²) in [6.45, 7) is 6.41. The minimum absolute atomic E-state index is 0.126. The SMILES string of the molecule is CC/C=C\C/C=C\C/C=C\C/C=C\C/C=C\CCCC(=O)OC[C@H](COC(=O)CCCCCCCCCCCCCCCCCCCCCCC)OC(=O)CC/C=C\C/C=C\C/C=C\C/C=C\C/C=C\CCCCC. The van der Waals surface area contributed by atoms with E-state index in [0.29, 0.717) is 19.3 Å². The van der Waals surface area contributed by atoms with Crippen molar-refractivity contribution in [2.75, 3.05) is 13.2 Å². The van der Waals surface area contributed by atoms with Crippen LogP contribution in [0.15, 0.2) is 122 Å². The number of hydrogen-bond acceptors (Lipinski definition) is 6. The fourth-order valence-corrected chi connectivity index (χ4v) is 8.34. The van der Waals surface area contributed by atoms with Crippen LogP contribution in [0.3, 0.4) is 0 Å². The number of allylic oxidation sites excluding steroid dienone is 20. The van der Waals surface area contributed by atoms with Crippen LogP contribution in [-0.4, -0.2) is 37.2 Å². The lowest BCUT2D eigenvalue weighted by Crippen LogP contribution is -2.30. The highest BCUT2D eigenvalue weighted by Gasteiger charge is 2.19. The zero-order valence-corrected chi connectivity index (χ0v) is 48.8. The van der Waals surface area contributed by atoms with Gasteiger partial charge in [0, 0.05) is 19.3 Å². The molecule has 426 valence electrons. The minimum atomic E-state index is -0.844. The highest BCUT2D eigenvalue weighted by molar-refractivity contribution is 5.71. The molecule has 0 aliphatic carbocycles. The minimum Gasteiger partial charge on any atom is -0.462 e. The van der Waals surface area contributed by atoms with E-state index in [9.17, 15) is 14.4 Å². The molecule has 0 N–H and O–H groups in total. The van der Waals surface area contributed by atoms with E-state index in [0.717, 1.165) is 83.5 Å². The summed E-state index contributed by atoms with van der Waals surface area (Å²) in [5.41, 5.74) is 0. The second kappa shape index (κ2) is 62.4. The lowest BCUT2D eigenvalue weighted by Gasteiger charge is -2.18. The van der Waals surface area contributed by atoms with Crippen LogP contribution in [0.4, 0.5) is 0 Å². The Hall–Kier alpha value is -4.19. The molecule has 0 spiro atoms. The molecule has 0 aliphatic rings. The topological polar surface area (TPSA) is 78.9 Å². The third-order valence-corrected chi connectivity index (χ3v) is 13.0. The Morgan fingerprint density at radius 3 is 0.920 bits per heavy atom. The van der Waals surface area contributed by atoms with Gasteiger partial charge in [-0.2, -0.15) is 0 Å². The van der Waals surface area contributed by atoms with Gasteiger partial charge >= 0.3 is 17.9 Å². The average molecular weight is 1040 g/mol. The van der Waals surface area contributed by atoms with Crippen LogP contribution in [-0.2, 0) is 28.6 Å². The fraction of sp³-hybridized carbons (Fsp3) is 0.667. The number of ether oxygens (including phenoxy) is 3. The molecule has 0 aromatic heterocycles. The molecule has 0 radical (unpaired) electrons. The number of rotatable bonds is 55. The molecule has 0 bridgehead atoms. The molecule has 0 saturated carbocycles.